The van der Waals surface area contributed by atoms with Crippen molar-refractivity contribution in [3.8, 4) is 11.5 Å². The summed E-state index contributed by atoms with van der Waals surface area (Å²) >= 11 is 0. The number of piperidine rings is 1. The zero-order valence-corrected chi connectivity index (χ0v) is 20.0. The van der Waals surface area contributed by atoms with E-state index in [2.05, 4.69) is 37.4 Å². The number of benzene rings is 1. The number of hydrazone groups is 1. The van der Waals surface area contributed by atoms with Crippen molar-refractivity contribution < 1.29 is 14.3 Å². The van der Waals surface area contributed by atoms with Gasteiger partial charge in [-0.15, -0.1) is 12.4 Å². The molecule has 3 heterocycles. The van der Waals surface area contributed by atoms with E-state index in [9.17, 15) is 4.79 Å². The van der Waals surface area contributed by atoms with Crippen LogP contribution in [0.1, 0.15) is 57.6 Å². The maximum absolute atomic E-state index is 13.4. The fraction of sp³-hybridized carbons (Fsp3) is 0.600. The van der Waals surface area contributed by atoms with Crippen LogP contribution >= 0.6 is 12.4 Å². The first kappa shape index (κ1) is 23.1. The molecule has 2 atom stereocenters. The highest BCUT2D eigenvalue weighted by Gasteiger charge is 2.44. The van der Waals surface area contributed by atoms with E-state index in [1.807, 2.05) is 18.0 Å². The van der Waals surface area contributed by atoms with Gasteiger partial charge in [0, 0.05) is 23.5 Å². The van der Waals surface area contributed by atoms with Gasteiger partial charge < -0.3 is 14.8 Å². The van der Waals surface area contributed by atoms with Crippen molar-refractivity contribution in [2.75, 3.05) is 19.7 Å². The van der Waals surface area contributed by atoms with Crippen molar-refractivity contribution in [2.45, 2.75) is 64.5 Å². The summed E-state index contributed by atoms with van der Waals surface area (Å²) in [7, 11) is 0. The van der Waals surface area contributed by atoms with Crippen LogP contribution in [0.2, 0.25) is 0 Å². The summed E-state index contributed by atoms with van der Waals surface area (Å²) in [5.74, 6) is 1.95. The number of fused-ring (bicyclic) bond motifs is 2. The Morgan fingerprint density at radius 2 is 1.91 bits per heavy atom. The first-order chi connectivity index (χ1) is 15.0. The van der Waals surface area contributed by atoms with Crippen LogP contribution in [0.15, 0.2) is 29.4 Å². The summed E-state index contributed by atoms with van der Waals surface area (Å²) in [4.78, 5) is 13.4. The molecular formula is C25H34ClN3O3. The van der Waals surface area contributed by atoms with Gasteiger partial charge >= 0.3 is 0 Å². The van der Waals surface area contributed by atoms with E-state index < -0.39 is 0 Å². The minimum atomic E-state index is -0.282. The molecule has 1 amide bonds. The van der Waals surface area contributed by atoms with E-state index in [4.69, 9.17) is 14.6 Å². The molecule has 1 aromatic carbocycles. The average Bonchev–Trinajstić information content (AvgIpc) is 3.11. The van der Waals surface area contributed by atoms with Crippen LogP contribution in [-0.4, -0.2) is 48.0 Å². The predicted octanol–water partition coefficient (Wildman–Crippen LogP) is 4.10. The summed E-state index contributed by atoms with van der Waals surface area (Å²) in [6, 6.07) is 4.33. The molecule has 5 rings (SSSR count). The van der Waals surface area contributed by atoms with E-state index in [-0.39, 0.29) is 41.8 Å². The maximum Gasteiger partial charge on any atom is 0.247 e. The van der Waals surface area contributed by atoms with Crippen LogP contribution in [0.4, 0.5) is 0 Å². The Hall–Kier alpha value is -2.05. The molecule has 0 unspecified atom stereocenters. The quantitative estimate of drug-likeness (QED) is 0.688. The average molecular weight is 460 g/mol. The standard InChI is InChI=1S/C25H33N3O3.ClH/c1-4-30-21-10-9-18(20-15-25(2,3)31-23(20)21)22-17-7-5-6-8-19(17)24(29)28(27-22)16-11-13-26-14-12-16;/h5-6,9-10,16-17,19,26H,4,7-8,11-15H2,1-3H3;1H/t17-,19+;/m0./s1. The highest BCUT2D eigenvalue weighted by molar-refractivity contribution is 6.08. The van der Waals surface area contributed by atoms with Gasteiger partial charge in [0.05, 0.1) is 24.3 Å². The molecule has 7 heteroatoms. The largest absolute Gasteiger partial charge is 0.490 e. The summed E-state index contributed by atoms with van der Waals surface area (Å²) < 4.78 is 12.2. The summed E-state index contributed by atoms with van der Waals surface area (Å²) in [6.07, 6.45) is 8.75. The Morgan fingerprint density at radius 3 is 2.62 bits per heavy atom. The number of carbonyl (C=O) groups is 1. The molecule has 1 N–H and O–H groups in total. The molecule has 0 aromatic heterocycles. The Balaban J connectivity index is 0.00000245. The van der Waals surface area contributed by atoms with Crippen molar-refractivity contribution in [2.24, 2.45) is 16.9 Å². The fourth-order valence-electron chi connectivity index (χ4n) is 5.51. The van der Waals surface area contributed by atoms with E-state index in [0.29, 0.717) is 6.61 Å². The maximum atomic E-state index is 13.4. The SMILES string of the molecule is CCOc1ccc(C2=NN(C3CCNCC3)C(=O)[C@@H]3CC=CC[C@H]23)c2c1OC(C)(C)C2.Cl. The Kier molecular flexibility index (Phi) is 6.55. The summed E-state index contributed by atoms with van der Waals surface area (Å²) in [5, 5.41) is 10.3. The molecule has 0 saturated carbocycles. The number of nitrogens with zero attached hydrogens (tertiary/aromatic N) is 2. The molecule has 1 aliphatic carbocycles. The first-order valence-electron chi connectivity index (χ1n) is 11.7. The van der Waals surface area contributed by atoms with Gasteiger partial charge in [-0.2, -0.15) is 5.10 Å². The molecule has 6 nitrogen and oxygen atoms in total. The molecular weight excluding hydrogens is 426 g/mol. The Bertz CT molecular complexity index is 937. The summed E-state index contributed by atoms with van der Waals surface area (Å²) in [5.41, 5.74) is 3.06. The zero-order chi connectivity index (χ0) is 21.6. The fourth-order valence-corrected chi connectivity index (χ4v) is 5.51. The highest BCUT2D eigenvalue weighted by atomic mass is 35.5. The highest BCUT2D eigenvalue weighted by Crippen LogP contribution is 2.46. The molecule has 1 fully saturated rings. The van der Waals surface area contributed by atoms with Gasteiger partial charge in [0.25, 0.3) is 0 Å². The van der Waals surface area contributed by atoms with Crippen molar-refractivity contribution in [1.82, 2.24) is 10.3 Å². The molecule has 0 radical (unpaired) electrons. The second kappa shape index (κ2) is 9.06. The number of hydrogen-bond acceptors (Lipinski definition) is 5. The van der Waals surface area contributed by atoms with Crippen molar-refractivity contribution in [3.63, 3.8) is 0 Å². The first-order valence-corrected chi connectivity index (χ1v) is 11.7. The molecule has 32 heavy (non-hydrogen) atoms. The van der Waals surface area contributed by atoms with Gasteiger partial charge in [0.1, 0.15) is 5.60 Å². The zero-order valence-electron chi connectivity index (χ0n) is 19.2. The third-order valence-electron chi connectivity index (χ3n) is 6.98. The van der Waals surface area contributed by atoms with E-state index in [1.54, 1.807) is 0 Å². The van der Waals surface area contributed by atoms with E-state index in [0.717, 1.165) is 68.0 Å². The van der Waals surface area contributed by atoms with Gasteiger partial charge in [0.2, 0.25) is 5.91 Å². The second-order valence-electron chi connectivity index (χ2n) is 9.70. The van der Waals surface area contributed by atoms with Crippen molar-refractivity contribution in [1.29, 1.82) is 0 Å². The molecule has 4 aliphatic rings. The number of rotatable bonds is 4. The minimum absolute atomic E-state index is 0. The van der Waals surface area contributed by atoms with Gasteiger partial charge in [-0.05, 0) is 71.7 Å². The second-order valence-corrected chi connectivity index (χ2v) is 9.70. The molecule has 174 valence electrons. The number of amides is 1. The Morgan fingerprint density at radius 1 is 1.19 bits per heavy atom. The summed E-state index contributed by atoms with van der Waals surface area (Å²) in [6.45, 7) is 8.71. The monoisotopic (exact) mass is 459 g/mol. The minimum Gasteiger partial charge on any atom is -0.490 e. The van der Waals surface area contributed by atoms with Crippen molar-refractivity contribution >= 4 is 24.0 Å². The normalized spacial score (nSPS) is 26.5. The molecule has 0 spiro atoms. The molecule has 1 saturated heterocycles. The van der Waals surface area contributed by atoms with Gasteiger partial charge in [-0.3, -0.25) is 4.79 Å². The lowest BCUT2D eigenvalue weighted by Crippen LogP contribution is -2.51. The topological polar surface area (TPSA) is 63.2 Å². The molecule has 3 aliphatic heterocycles. The predicted molar refractivity (Wildman–Crippen MR) is 128 cm³/mol. The third-order valence-corrected chi connectivity index (χ3v) is 6.98. The number of ether oxygens (including phenoxy) is 2. The van der Waals surface area contributed by atoms with E-state index in [1.165, 1.54) is 5.56 Å². The lowest BCUT2D eigenvalue weighted by Gasteiger charge is -2.41. The van der Waals surface area contributed by atoms with Crippen LogP contribution in [0.25, 0.3) is 0 Å². The van der Waals surface area contributed by atoms with Gasteiger partial charge in [-0.25, -0.2) is 5.01 Å². The van der Waals surface area contributed by atoms with Gasteiger partial charge in [-0.1, -0.05) is 12.2 Å². The van der Waals surface area contributed by atoms with Crippen molar-refractivity contribution in [3.05, 3.63) is 35.4 Å². The Labute approximate surface area is 196 Å². The smallest absolute Gasteiger partial charge is 0.247 e. The number of allylic oxidation sites excluding steroid dienone is 2. The van der Waals surface area contributed by atoms with Crippen LogP contribution in [0.3, 0.4) is 0 Å². The van der Waals surface area contributed by atoms with Crippen LogP contribution in [-0.2, 0) is 11.2 Å². The van der Waals surface area contributed by atoms with Gasteiger partial charge in [0.15, 0.2) is 11.5 Å². The van der Waals surface area contributed by atoms with Crippen LogP contribution in [0.5, 0.6) is 11.5 Å². The van der Waals surface area contributed by atoms with Crippen LogP contribution < -0.4 is 14.8 Å². The number of halogens is 1. The molecule has 1 aromatic rings. The van der Waals surface area contributed by atoms with E-state index >= 15 is 0 Å². The van der Waals surface area contributed by atoms with Crippen LogP contribution in [0, 0.1) is 11.8 Å². The lowest BCUT2D eigenvalue weighted by molar-refractivity contribution is -0.141. The third kappa shape index (κ3) is 4.03. The number of hydrogen-bond donors (Lipinski definition) is 1. The lowest BCUT2D eigenvalue weighted by atomic mass is 9.75. The number of nitrogens with one attached hydrogen (secondary N) is 1. The number of carbonyl (C=O) groups excluding carboxylic acids is 1. The molecule has 0 bridgehead atoms.